The zero-order valence-electron chi connectivity index (χ0n) is 11.7. The zero-order valence-corrected chi connectivity index (χ0v) is 12.5. The minimum absolute atomic E-state index is 0.178. The maximum Gasteiger partial charge on any atom is 0.272 e. The van der Waals surface area contributed by atoms with E-state index in [9.17, 15) is 4.79 Å². The maximum atomic E-state index is 11.9. The van der Waals surface area contributed by atoms with Crippen molar-refractivity contribution in [3.05, 3.63) is 39.8 Å². The molecule has 6 heteroatoms. The molecule has 2 aromatic rings. The highest BCUT2D eigenvalue weighted by Crippen LogP contribution is 2.16. The van der Waals surface area contributed by atoms with Crippen molar-refractivity contribution in [1.82, 2.24) is 15.2 Å². The van der Waals surface area contributed by atoms with E-state index in [1.54, 1.807) is 28.4 Å². The number of amides is 1. The van der Waals surface area contributed by atoms with E-state index in [1.807, 2.05) is 24.6 Å². The van der Waals surface area contributed by atoms with Gasteiger partial charge in [0.1, 0.15) is 0 Å². The minimum Gasteiger partial charge on any atom is -0.272 e. The number of carbonyl (C=O) groups excluding carboxylic acids is 1. The Balaban J connectivity index is 1.90. The summed E-state index contributed by atoms with van der Waals surface area (Å²) < 4.78 is 1.80. The van der Waals surface area contributed by atoms with Gasteiger partial charge in [0.25, 0.3) is 5.91 Å². The molecule has 0 spiro atoms. The molecule has 2 aromatic heterocycles. The normalized spacial score (nSPS) is 11.1. The van der Waals surface area contributed by atoms with Crippen molar-refractivity contribution in [3.8, 4) is 0 Å². The second kappa shape index (κ2) is 7.00. The van der Waals surface area contributed by atoms with Crippen LogP contribution in [0.3, 0.4) is 0 Å². The summed E-state index contributed by atoms with van der Waals surface area (Å²) in [5.41, 5.74) is 4.06. The molecule has 0 unspecified atom stereocenters. The lowest BCUT2D eigenvalue weighted by Crippen LogP contribution is -2.16. The van der Waals surface area contributed by atoms with Crippen LogP contribution < -0.4 is 5.43 Å². The van der Waals surface area contributed by atoms with Crippen molar-refractivity contribution < 1.29 is 4.79 Å². The van der Waals surface area contributed by atoms with Gasteiger partial charge in [-0.15, -0.1) is 11.3 Å². The van der Waals surface area contributed by atoms with E-state index in [-0.39, 0.29) is 5.91 Å². The van der Waals surface area contributed by atoms with Crippen molar-refractivity contribution in [2.24, 2.45) is 5.10 Å². The number of rotatable bonds is 6. The largest absolute Gasteiger partial charge is 0.272 e. The number of aromatic nitrogens is 2. The van der Waals surface area contributed by atoms with Gasteiger partial charge in [-0.1, -0.05) is 13.3 Å². The number of aryl methyl sites for hydroxylation is 2. The summed E-state index contributed by atoms with van der Waals surface area (Å²) in [5.74, 6) is -0.178. The Kier molecular flexibility index (Phi) is 5.06. The van der Waals surface area contributed by atoms with Crippen molar-refractivity contribution in [3.63, 3.8) is 0 Å². The predicted octanol–water partition coefficient (Wildman–Crippen LogP) is 2.68. The van der Waals surface area contributed by atoms with E-state index >= 15 is 0 Å². The van der Waals surface area contributed by atoms with Crippen LogP contribution in [0.5, 0.6) is 0 Å². The van der Waals surface area contributed by atoms with Crippen LogP contribution in [-0.4, -0.2) is 21.9 Å². The maximum absolute atomic E-state index is 11.9. The Morgan fingerprint density at radius 2 is 2.40 bits per heavy atom. The quantitative estimate of drug-likeness (QED) is 0.657. The van der Waals surface area contributed by atoms with Crippen LogP contribution in [0.2, 0.25) is 0 Å². The second-order valence-electron chi connectivity index (χ2n) is 4.38. The van der Waals surface area contributed by atoms with Crippen LogP contribution in [-0.2, 0) is 13.0 Å². The first-order chi connectivity index (χ1) is 9.72. The van der Waals surface area contributed by atoms with E-state index in [2.05, 4.69) is 22.5 Å². The third kappa shape index (κ3) is 3.77. The Hall–Kier alpha value is -1.95. The van der Waals surface area contributed by atoms with Gasteiger partial charge in [-0.3, -0.25) is 9.48 Å². The molecule has 0 bridgehead atoms. The van der Waals surface area contributed by atoms with Gasteiger partial charge in [0.05, 0.1) is 18.0 Å². The van der Waals surface area contributed by atoms with Gasteiger partial charge in [-0.05, 0) is 19.4 Å². The van der Waals surface area contributed by atoms with Crippen LogP contribution in [0.25, 0.3) is 0 Å². The summed E-state index contributed by atoms with van der Waals surface area (Å²) >= 11 is 1.61. The van der Waals surface area contributed by atoms with E-state index in [1.165, 1.54) is 4.88 Å². The molecule has 0 fully saturated rings. The Bertz CT molecular complexity index is 600. The average molecular weight is 290 g/mol. The molecule has 0 radical (unpaired) electrons. The summed E-state index contributed by atoms with van der Waals surface area (Å²) in [5, 5.41) is 9.94. The van der Waals surface area contributed by atoms with Crippen LogP contribution in [0.1, 0.15) is 41.1 Å². The molecule has 5 nitrogen and oxygen atoms in total. The van der Waals surface area contributed by atoms with Gasteiger partial charge < -0.3 is 0 Å². The molecule has 0 saturated heterocycles. The van der Waals surface area contributed by atoms with Crippen molar-refractivity contribution in [1.29, 1.82) is 0 Å². The lowest BCUT2D eigenvalue weighted by molar-refractivity contribution is 0.0955. The highest BCUT2D eigenvalue weighted by molar-refractivity contribution is 7.10. The highest BCUT2D eigenvalue weighted by atomic mass is 32.1. The van der Waals surface area contributed by atoms with E-state index < -0.39 is 0 Å². The molecule has 0 atom stereocenters. The summed E-state index contributed by atoms with van der Waals surface area (Å²) in [6, 6.07) is 1.92. The van der Waals surface area contributed by atoms with E-state index in [0.717, 1.165) is 24.9 Å². The van der Waals surface area contributed by atoms with Crippen LogP contribution in [0.4, 0.5) is 0 Å². The fourth-order valence-corrected chi connectivity index (χ4v) is 2.70. The first kappa shape index (κ1) is 14.5. The van der Waals surface area contributed by atoms with Gasteiger partial charge in [0.15, 0.2) is 0 Å². The van der Waals surface area contributed by atoms with Crippen LogP contribution in [0, 0.1) is 0 Å². The standard InChI is InChI=1S/C14H18N4OS/c1-3-5-13-6-12(10-20-13)14(19)17-15-7-11-8-16-18(4-2)9-11/h6-10H,3-5H2,1-2H3,(H,17,19)/b15-7+. The third-order valence-electron chi connectivity index (χ3n) is 2.77. The average Bonchev–Trinajstić information content (AvgIpc) is 3.08. The monoisotopic (exact) mass is 290 g/mol. The Morgan fingerprint density at radius 1 is 1.55 bits per heavy atom. The number of nitrogens with zero attached hydrogens (tertiary/aromatic N) is 3. The Labute approximate surface area is 122 Å². The van der Waals surface area contributed by atoms with Crippen molar-refractivity contribution >= 4 is 23.5 Å². The van der Waals surface area contributed by atoms with Gasteiger partial charge in [-0.25, -0.2) is 5.43 Å². The molecule has 0 saturated carbocycles. The van der Waals surface area contributed by atoms with Crippen molar-refractivity contribution in [2.75, 3.05) is 0 Å². The number of nitrogens with one attached hydrogen (secondary N) is 1. The first-order valence-electron chi connectivity index (χ1n) is 6.66. The fourth-order valence-electron chi connectivity index (χ4n) is 1.73. The van der Waals surface area contributed by atoms with Gasteiger partial charge in [-0.2, -0.15) is 10.2 Å². The molecule has 0 aliphatic rings. The van der Waals surface area contributed by atoms with Gasteiger partial charge in [0, 0.05) is 28.6 Å². The number of hydrazone groups is 1. The predicted molar refractivity (Wildman–Crippen MR) is 81.3 cm³/mol. The van der Waals surface area contributed by atoms with Crippen LogP contribution >= 0.6 is 11.3 Å². The molecule has 2 rings (SSSR count). The highest BCUT2D eigenvalue weighted by Gasteiger charge is 2.07. The lowest BCUT2D eigenvalue weighted by Gasteiger charge is -1.95. The molecular weight excluding hydrogens is 272 g/mol. The molecule has 0 aliphatic heterocycles. The molecule has 1 N–H and O–H groups in total. The Morgan fingerprint density at radius 3 is 3.10 bits per heavy atom. The van der Waals surface area contributed by atoms with Gasteiger partial charge >= 0.3 is 0 Å². The first-order valence-corrected chi connectivity index (χ1v) is 7.54. The molecule has 106 valence electrons. The topological polar surface area (TPSA) is 59.3 Å². The smallest absolute Gasteiger partial charge is 0.272 e. The number of hydrogen-bond donors (Lipinski definition) is 1. The molecule has 2 heterocycles. The zero-order chi connectivity index (χ0) is 14.4. The molecule has 1 amide bonds. The molecule has 0 aromatic carbocycles. The van der Waals surface area contributed by atoms with Gasteiger partial charge in [0.2, 0.25) is 0 Å². The SMILES string of the molecule is CCCc1cc(C(=O)N/N=C/c2cnn(CC)c2)cs1. The molecule has 0 aliphatic carbocycles. The fraction of sp³-hybridized carbons (Fsp3) is 0.357. The second-order valence-corrected chi connectivity index (χ2v) is 5.38. The summed E-state index contributed by atoms with van der Waals surface area (Å²) in [6.07, 6.45) is 7.28. The molecular formula is C14H18N4OS. The number of hydrogen-bond acceptors (Lipinski definition) is 4. The minimum atomic E-state index is -0.178. The third-order valence-corrected chi connectivity index (χ3v) is 3.77. The summed E-state index contributed by atoms with van der Waals surface area (Å²) in [7, 11) is 0. The van der Waals surface area contributed by atoms with Crippen molar-refractivity contribution in [2.45, 2.75) is 33.2 Å². The molecule has 20 heavy (non-hydrogen) atoms. The van der Waals surface area contributed by atoms with E-state index in [4.69, 9.17) is 0 Å². The number of thiophene rings is 1. The van der Waals surface area contributed by atoms with E-state index in [0.29, 0.717) is 5.56 Å². The summed E-state index contributed by atoms with van der Waals surface area (Å²) in [4.78, 5) is 13.1. The summed E-state index contributed by atoms with van der Waals surface area (Å²) in [6.45, 7) is 4.95. The van der Waals surface area contributed by atoms with Crippen LogP contribution in [0.15, 0.2) is 28.9 Å². The number of carbonyl (C=O) groups is 1. The lowest BCUT2D eigenvalue weighted by atomic mass is 10.2.